The molecule has 0 bridgehead atoms. The summed E-state index contributed by atoms with van der Waals surface area (Å²) in [4.78, 5) is 3.14. The predicted molar refractivity (Wildman–Crippen MR) is 225 cm³/mol. The van der Waals surface area contributed by atoms with E-state index in [4.69, 9.17) is 25.3 Å². The maximum atomic E-state index is 5.50. The van der Waals surface area contributed by atoms with Crippen LogP contribution in [-0.4, -0.2) is 34.5 Å². The Bertz CT molecular complexity index is 700. The maximum Gasteiger partial charge on any atom is 0.0281 e. The topological polar surface area (TPSA) is 0 Å². The lowest BCUT2D eigenvalue weighted by Crippen LogP contribution is -2.12. The Labute approximate surface area is 304 Å². The van der Waals surface area contributed by atoms with Crippen LogP contribution in [0.25, 0.3) is 0 Å². The zero-order valence-electron chi connectivity index (χ0n) is 27.7. The maximum absolute atomic E-state index is 5.50. The van der Waals surface area contributed by atoms with E-state index < -0.39 is 10.0 Å². The monoisotopic (exact) mass is 726 g/mol. The lowest BCUT2D eigenvalue weighted by atomic mass is 10.0. The summed E-state index contributed by atoms with van der Waals surface area (Å²) in [6.07, 6.45) is 34.5. The van der Waals surface area contributed by atoms with Crippen molar-refractivity contribution in [1.29, 1.82) is 0 Å². The Hall–Kier alpha value is 1.93. The van der Waals surface area contributed by atoms with Crippen molar-refractivity contribution in [1.82, 2.24) is 0 Å². The molecule has 43 heavy (non-hydrogen) atoms. The summed E-state index contributed by atoms with van der Waals surface area (Å²) in [6, 6.07) is 0. The average molecular weight is 727 g/mol. The van der Waals surface area contributed by atoms with Gasteiger partial charge in [0.15, 0.2) is 0 Å². The fourth-order valence-corrected chi connectivity index (χ4v) is 13.9. The Morgan fingerprint density at radius 3 is 1.02 bits per heavy atom. The van der Waals surface area contributed by atoms with Crippen molar-refractivity contribution in [2.45, 2.75) is 167 Å². The lowest BCUT2D eigenvalue weighted by molar-refractivity contribution is 0.609. The molecule has 0 saturated heterocycles. The number of rotatable bonds is 32. The molecule has 0 aromatic rings. The molecular weight excluding hydrogens is 657 g/mol. The summed E-state index contributed by atoms with van der Waals surface area (Å²) in [7, 11) is -1.03. The summed E-state index contributed by atoms with van der Waals surface area (Å²) < 4.78 is 1.50. The number of allylic oxidation sites excluding steroid dienone is 2. The van der Waals surface area contributed by atoms with E-state index in [-0.39, 0.29) is 0 Å². The van der Waals surface area contributed by atoms with Gasteiger partial charge in [0.2, 0.25) is 0 Å². The summed E-state index contributed by atoms with van der Waals surface area (Å²) >= 11 is 28.5. The van der Waals surface area contributed by atoms with E-state index in [2.05, 4.69) is 50.5 Å². The van der Waals surface area contributed by atoms with Gasteiger partial charge in [0, 0.05) is 9.14 Å². The zero-order chi connectivity index (χ0) is 31.4. The molecule has 0 aromatic carbocycles. The van der Waals surface area contributed by atoms with Gasteiger partial charge in [-0.15, -0.1) is 25.3 Å². The second kappa shape index (κ2) is 30.0. The number of unbranched alkanes of at least 4 members (excludes halogenated alkanes) is 20. The largest absolute Gasteiger partial charge is 0.184 e. The highest BCUT2D eigenvalue weighted by atomic mass is 32.3. The molecule has 0 aliphatic carbocycles. The van der Waals surface area contributed by atoms with E-state index in [1.54, 1.807) is 10.5 Å². The normalized spacial score (nSPS) is 15.7. The van der Waals surface area contributed by atoms with Crippen LogP contribution in [0.2, 0.25) is 0 Å². The van der Waals surface area contributed by atoms with Crippen LogP contribution in [0.15, 0.2) is 19.6 Å². The van der Waals surface area contributed by atoms with Gasteiger partial charge in [-0.2, -0.15) is 60.5 Å². The Balaban J connectivity index is 2.98. The molecule has 1 heterocycles. The molecule has 0 radical (unpaired) electrons. The molecule has 1 aliphatic rings. The van der Waals surface area contributed by atoms with Crippen molar-refractivity contribution in [2.75, 3.05) is 34.5 Å². The van der Waals surface area contributed by atoms with Crippen LogP contribution in [0.5, 0.6) is 0 Å². The van der Waals surface area contributed by atoms with Gasteiger partial charge >= 0.3 is 0 Å². The van der Waals surface area contributed by atoms with E-state index in [0.29, 0.717) is 0 Å². The van der Waals surface area contributed by atoms with E-state index in [9.17, 15) is 0 Å². The first kappa shape index (κ1) is 43.0. The zero-order valence-corrected chi connectivity index (χ0v) is 33.9. The molecule has 0 atom stereocenters. The summed E-state index contributed by atoms with van der Waals surface area (Å²) in [5, 5.41) is 0. The van der Waals surface area contributed by atoms with Gasteiger partial charge in [-0.25, -0.2) is 0 Å². The first-order valence-corrected chi connectivity index (χ1v) is 23.6. The van der Waals surface area contributed by atoms with Gasteiger partial charge in [0.05, 0.1) is 0 Å². The van der Waals surface area contributed by atoms with E-state index >= 15 is 0 Å². The van der Waals surface area contributed by atoms with E-state index in [1.165, 1.54) is 188 Å². The second-order valence-corrected chi connectivity index (χ2v) is 19.2. The molecule has 0 nitrogen and oxygen atoms in total. The molecular formula is C36H70S7. The van der Waals surface area contributed by atoms with Crippen molar-refractivity contribution < 1.29 is 0 Å². The standard InChI is InChI=1S/C36H70S7/c37-27-19-11-3-1-9-17-25-33-35(41)34(26-18-10-2-4-12-20-28-38)43(36(33)42,31-23-15-7-5-13-21-29-39)32-24-16-8-6-14-22-30-40/h37-42H,1-32H2. The third-order valence-electron chi connectivity index (χ3n) is 9.10. The SMILES string of the molecule is SCCCCCCCCC1=C(S)S(CCCCCCCCS)(CCCCCCCCS)C(CCCCCCCCS)=C1S. The Kier molecular flexibility index (Phi) is 30.0. The van der Waals surface area contributed by atoms with Gasteiger partial charge in [-0.1, -0.05) is 103 Å². The Morgan fingerprint density at radius 2 is 0.651 bits per heavy atom. The number of hydrogen-bond donors (Lipinski definition) is 6. The van der Waals surface area contributed by atoms with Crippen molar-refractivity contribution in [3.8, 4) is 0 Å². The quantitative estimate of drug-likeness (QED) is 0.0289. The number of hydrogen-bond acceptors (Lipinski definition) is 6. The van der Waals surface area contributed by atoms with Crippen LogP contribution in [0, 0.1) is 0 Å². The second-order valence-electron chi connectivity index (χ2n) is 12.7. The highest BCUT2D eigenvalue weighted by Gasteiger charge is 2.39. The van der Waals surface area contributed by atoms with Gasteiger partial charge in [-0.3, -0.25) is 0 Å². The van der Waals surface area contributed by atoms with Crippen LogP contribution in [0.3, 0.4) is 0 Å². The molecule has 7 heteroatoms. The van der Waals surface area contributed by atoms with Crippen LogP contribution in [0.4, 0.5) is 0 Å². The minimum atomic E-state index is -1.03. The van der Waals surface area contributed by atoms with Gasteiger partial charge in [0.25, 0.3) is 0 Å². The number of thiol groups is 6. The lowest BCUT2D eigenvalue weighted by Gasteiger charge is -2.41. The fraction of sp³-hybridized carbons (Fsp3) is 0.889. The van der Waals surface area contributed by atoms with Gasteiger partial charge in [-0.05, 0) is 109 Å². The Morgan fingerprint density at radius 1 is 0.349 bits per heavy atom. The summed E-state index contributed by atoms with van der Waals surface area (Å²) in [6.45, 7) is 0. The van der Waals surface area contributed by atoms with Crippen LogP contribution in [0.1, 0.15) is 167 Å². The molecule has 0 N–H and O–H groups in total. The first-order valence-electron chi connectivity index (χ1n) is 18.2. The minimum absolute atomic E-state index is 1.03. The first-order chi connectivity index (χ1) is 21.1. The smallest absolute Gasteiger partial charge is 0.0281 e. The molecule has 256 valence electrons. The van der Waals surface area contributed by atoms with E-state index in [1.807, 2.05) is 0 Å². The van der Waals surface area contributed by atoms with Crippen molar-refractivity contribution >= 4 is 85.8 Å². The van der Waals surface area contributed by atoms with E-state index in [0.717, 1.165) is 23.0 Å². The van der Waals surface area contributed by atoms with Gasteiger partial charge in [0.1, 0.15) is 0 Å². The average Bonchev–Trinajstić information content (AvgIpc) is 3.20. The van der Waals surface area contributed by atoms with Crippen molar-refractivity contribution in [3.05, 3.63) is 19.6 Å². The summed E-state index contributed by atoms with van der Waals surface area (Å²) in [5.41, 5.74) is 1.54. The molecule has 1 rings (SSSR count). The van der Waals surface area contributed by atoms with Gasteiger partial charge < -0.3 is 0 Å². The molecule has 0 aromatic heterocycles. The molecule has 0 spiro atoms. The van der Waals surface area contributed by atoms with Crippen LogP contribution >= 0.6 is 85.8 Å². The van der Waals surface area contributed by atoms with Crippen molar-refractivity contribution in [2.24, 2.45) is 0 Å². The third kappa shape index (κ3) is 18.9. The minimum Gasteiger partial charge on any atom is -0.184 e. The molecule has 0 fully saturated rings. The summed E-state index contributed by atoms with van der Waals surface area (Å²) in [5.74, 6) is 6.82. The predicted octanol–water partition coefficient (Wildman–Crippen LogP) is 13.9. The third-order valence-corrected chi connectivity index (χ3v) is 16.7. The molecule has 0 unspecified atom stereocenters. The van der Waals surface area contributed by atoms with Crippen LogP contribution < -0.4 is 0 Å². The van der Waals surface area contributed by atoms with Crippen LogP contribution in [-0.2, 0) is 0 Å². The highest BCUT2D eigenvalue weighted by molar-refractivity contribution is 8.45. The van der Waals surface area contributed by atoms with Crippen molar-refractivity contribution in [3.63, 3.8) is 0 Å². The molecule has 0 amide bonds. The fourth-order valence-electron chi connectivity index (χ4n) is 6.45. The molecule has 1 aliphatic heterocycles. The highest BCUT2D eigenvalue weighted by Crippen LogP contribution is 2.72. The molecule has 0 saturated carbocycles.